The van der Waals surface area contributed by atoms with Crippen molar-refractivity contribution in [3.05, 3.63) is 56.2 Å². The van der Waals surface area contributed by atoms with E-state index in [9.17, 15) is 0 Å². The number of hydrogen-bond donors (Lipinski definition) is 1. The fraction of sp³-hybridized carbons (Fsp3) is 0.375. The van der Waals surface area contributed by atoms with Crippen molar-refractivity contribution in [1.82, 2.24) is 5.32 Å². The predicted octanol–water partition coefficient (Wildman–Crippen LogP) is 4.97. The molecule has 2 rings (SSSR count). The first-order valence-electron chi connectivity index (χ1n) is 6.67. The molecule has 1 aromatic carbocycles. The number of aryl methyl sites for hydroxylation is 2. The third-order valence-corrected chi connectivity index (χ3v) is 5.11. The predicted molar refractivity (Wildman–Crippen MR) is 85.4 cm³/mol. The molecule has 0 spiro atoms. The van der Waals surface area contributed by atoms with Crippen LogP contribution < -0.4 is 5.32 Å². The minimum Gasteiger partial charge on any atom is -0.309 e. The van der Waals surface area contributed by atoms with E-state index < -0.39 is 0 Å². The second kappa shape index (κ2) is 6.56. The molecular weight excluding hydrogens is 274 g/mol. The zero-order valence-corrected chi connectivity index (χ0v) is 13.2. The van der Waals surface area contributed by atoms with Crippen molar-refractivity contribution in [2.45, 2.75) is 32.7 Å². The fourth-order valence-corrected chi connectivity index (χ4v) is 3.70. The summed E-state index contributed by atoms with van der Waals surface area (Å²) >= 11 is 8.11. The molecule has 0 aliphatic rings. The van der Waals surface area contributed by atoms with Gasteiger partial charge in [-0.25, -0.2) is 0 Å². The maximum atomic E-state index is 6.38. The van der Waals surface area contributed by atoms with Gasteiger partial charge in [-0.05, 0) is 42.5 Å². The molecule has 1 heterocycles. The molecule has 0 saturated heterocycles. The monoisotopic (exact) mass is 293 g/mol. The van der Waals surface area contributed by atoms with Gasteiger partial charge in [0.05, 0.1) is 11.1 Å². The van der Waals surface area contributed by atoms with Crippen molar-refractivity contribution in [2.75, 3.05) is 7.05 Å². The summed E-state index contributed by atoms with van der Waals surface area (Å²) in [7, 11) is 1.98. The fourth-order valence-electron chi connectivity index (χ4n) is 2.26. The molecule has 1 N–H and O–H groups in total. The lowest BCUT2D eigenvalue weighted by molar-refractivity contribution is 0.703. The lowest BCUT2D eigenvalue weighted by Crippen LogP contribution is -2.16. The average molecular weight is 294 g/mol. The summed E-state index contributed by atoms with van der Waals surface area (Å²) in [5, 5.41) is 6.38. The highest BCUT2D eigenvalue weighted by molar-refractivity contribution is 7.10. The minimum atomic E-state index is 0.182. The van der Waals surface area contributed by atoms with E-state index in [1.165, 1.54) is 22.4 Å². The van der Waals surface area contributed by atoms with E-state index >= 15 is 0 Å². The average Bonchev–Trinajstić information content (AvgIpc) is 2.74. The van der Waals surface area contributed by atoms with Gasteiger partial charge in [0.2, 0.25) is 0 Å². The molecule has 1 unspecified atom stereocenters. The van der Waals surface area contributed by atoms with Crippen LogP contribution in [0.2, 0.25) is 5.02 Å². The Morgan fingerprint density at radius 1 is 1.26 bits per heavy atom. The van der Waals surface area contributed by atoms with Crippen molar-refractivity contribution >= 4 is 22.9 Å². The van der Waals surface area contributed by atoms with Crippen molar-refractivity contribution in [3.8, 4) is 0 Å². The Balaban J connectivity index is 2.29. The van der Waals surface area contributed by atoms with Gasteiger partial charge in [-0.15, -0.1) is 11.3 Å². The highest BCUT2D eigenvalue weighted by Crippen LogP contribution is 2.35. The molecule has 3 heteroatoms. The molecule has 1 nitrogen and oxygen atoms in total. The Hall–Kier alpha value is -0.830. The molecule has 0 aliphatic heterocycles. The van der Waals surface area contributed by atoms with E-state index in [2.05, 4.69) is 48.8 Å². The Labute approximate surface area is 124 Å². The summed E-state index contributed by atoms with van der Waals surface area (Å²) in [6.45, 7) is 4.26. The maximum Gasteiger partial charge on any atom is 0.0683 e. The van der Waals surface area contributed by atoms with Gasteiger partial charge >= 0.3 is 0 Å². The van der Waals surface area contributed by atoms with E-state index in [0.717, 1.165) is 17.0 Å². The summed E-state index contributed by atoms with van der Waals surface area (Å²) in [4.78, 5) is 1.20. The standard InChI is InChI=1S/C16H20ClNS/c1-4-5-12-6-8-13(9-7-12)15(18-3)16-14(17)11(2)10-19-16/h6-10,15,18H,4-5H2,1-3H3. The Kier molecular flexibility index (Phi) is 5.03. The Bertz CT molecular complexity index is 530. The molecule has 19 heavy (non-hydrogen) atoms. The van der Waals surface area contributed by atoms with Crippen LogP contribution in [0, 0.1) is 6.92 Å². The number of hydrogen-bond acceptors (Lipinski definition) is 2. The van der Waals surface area contributed by atoms with Gasteiger partial charge in [-0.1, -0.05) is 49.2 Å². The summed E-state index contributed by atoms with van der Waals surface area (Å²) in [5.74, 6) is 0. The zero-order valence-electron chi connectivity index (χ0n) is 11.7. The third-order valence-electron chi connectivity index (χ3n) is 3.33. The summed E-state index contributed by atoms with van der Waals surface area (Å²) in [6, 6.07) is 9.03. The van der Waals surface area contributed by atoms with E-state index in [1.807, 2.05) is 7.05 Å². The molecular formula is C16H20ClNS. The SMILES string of the molecule is CCCc1ccc(C(NC)c2scc(C)c2Cl)cc1. The number of thiophene rings is 1. The van der Waals surface area contributed by atoms with Gasteiger partial charge in [-0.3, -0.25) is 0 Å². The lowest BCUT2D eigenvalue weighted by atomic mass is 10.0. The summed E-state index contributed by atoms with van der Waals surface area (Å²) < 4.78 is 0. The van der Waals surface area contributed by atoms with Crippen LogP contribution in [-0.2, 0) is 6.42 Å². The van der Waals surface area contributed by atoms with E-state index in [4.69, 9.17) is 11.6 Å². The van der Waals surface area contributed by atoms with Crippen molar-refractivity contribution in [2.24, 2.45) is 0 Å². The molecule has 1 aromatic heterocycles. The zero-order chi connectivity index (χ0) is 13.8. The second-order valence-corrected chi connectivity index (χ2v) is 6.10. The number of nitrogens with one attached hydrogen (secondary N) is 1. The van der Waals surface area contributed by atoms with Crippen molar-refractivity contribution in [1.29, 1.82) is 0 Å². The number of halogens is 1. The largest absolute Gasteiger partial charge is 0.309 e. The Morgan fingerprint density at radius 2 is 1.95 bits per heavy atom. The van der Waals surface area contributed by atoms with Crippen LogP contribution in [0.15, 0.2) is 29.6 Å². The highest BCUT2D eigenvalue weighted by Gasteiger charge is 2.18. The smallest absolute Gasteiger partial charge is 0.0683 e. The van der Waals surface area contributed by atoms with Gasteiger partial charge in [0.15, 0.2) is 0 Å². The van der Waals surface area contributed by atoms with Crippen LogP contribution >= 0.6 is 22.9 Å². The van der Waals surface area contributed by atoms with Crippen molar-refractivity contribution < 1.29 is 0 Å². The minimum absolute atomic E-state index is 0.182. The third kappa shape index (κ3) is 3.19. The van der Waals surface area contributed by atoms with Gasteiger partial charge < -0.3 is 5.32 Å². The van der Waals surface area contributed by atoms with Gasteiger partial charge in [-0.2, -0.15) is 0 Å². The van der Waals surface area contributed by atoms with Crippen LogP contribution in [0.1, 0.15) is 41.0 Å². The maximum absolute atomic E-state index is 6.38. The molecule has 2 aromatic rings. The first kappa shape index (κ1) is 14.6. The van der Waals surface area contributed by atoms with Crippen LogP contribution in [0.4, 0.5) is 0 Å². The normalized spacial score (nSPS) is 12.6. The van der Waals surface area contributed by atoms with Crippen LogP contribution in [0.25, 0.3) is 0 Å². The molecule has 0 fully saturated rings. The van der Waals surface area contributed by atoms with Gasteiger partial charge in [0.25, 0.3) is 0 Å². The van der Waals surface area contributed by atoms with Crippen molar-refractivity contribution in [3.63, 3.8) is 0 Å². The topological polar surface area (TPSA) is 12.0 Å². The molecule has 0 aliphatic carbocycles. The molecule has 0 radical (unpaired) electrons. The van der Waals surface area contributed by atoms with E-state index in [1.54, 1.807) is 11.3 Å². The molecule has 0 bridgehead atoms. The first-order valence-corrected chi connectivity index (χ1v) is 7.92. The highest BCUT2D eigenvalue weighted by atomic mass is 35.5. The second-order valence-electron chi connectivity index (χ2n) is 4.81. The molecule has 0 amide bonds. The van der Waals surface area contributed by atoms with Crippen LogP contribution in [0.5, 0.6) is 0 Å². The van der Waals surface area contributed by atoms with Gasteiger partial charge in [0.1, 0.15) is 0 Å². The Morgan fingerprint density at radius 3 is 2.42 bits per heavy atom. The first-order chi connectivity index (χ1) is 9.17. The van der Waals surface area contributed by atoms with Crippen LogP contribution in [-0.4, -0.2) is 7.05 Å². The van der Waals surface area contributed by atoms with Crippen LogP contribution in [0.3, 0.4) is 0 Å². The quantitative estimate of drug-likeness (QED) is 0.820. The number of rotatable bonds is 5. The molecule has 1 atom stereocenters. The van der Waals surface area contributed by atoms with E-state index in [-0.39, 0.29) is 6.04 Å². The summed E-state index contributed by atoms with van der Waals surface area (Å²) in [5.41, 5.74) is 3.82. The molecule has 0 saturated carbocycles. The lowest BCUT2D eigenvalue weighted by Gasteiger charge is -2.16. The molecule has 102 valence electrons. The number of benzene rings is 1. The van der Waals surface area contributed by atoms with Gasteiger partial charge in [0, 0.05) is 4.88 Å². The summed E-state index contributed by atoms with van der Waals surface area (Å²) in [6.07, 6.45) is 2.33. The van der Waals surface area contributed by atoms with E-state index in [0.29, 0.717) is 0 Å².